The van der Waals surface area contributed by atoms with Crippen molar-refractivity contribution in [2.75, 3.05) is 26.4 Å². The lowest BCUT2D eigenvalue weighted by Crippen LogP contribution is -2.29. The zero-order chi connectivity index (χ0) is 39.8. The van der Waals surface area contributed by atoms with Crippen LogP contribution in [0.5, 0.6) is 0 Å². The van der Waals surface area contributed by atoms with Gasteiger partial charge in [0.2, 0.25) is 0 Å². The summed E-state index contributed by atoms with van der Waals surface area (Å²) >= 11 is 0. The summed E-state index contributed by atoms with van der Waals surface area (Å²) in [6.07, 6.45) is 39.2. The maximum atomic E-state index is 12.6. The van der Waals surface area contributed by atoms with Crippen LogP contribution in [0.3, 0.4) is 0 Å². The fourth-order valence-corrected chi connectivity index (χ4v) is 6.64. The molecule has 0 aliphatic heterocycles. The number of unbranched alkanes of at least 4 members (excludes halogenated alkanes) is 20. The Kier molecular flexibility index (Phi) is 38.1. The standard InChI is InChI=1S/C43H80NO9P/c1-3-5-7-9-11-13-15-17-18-20-22-24-26-28-30-34-42(46)50-38-41(39-52-54(48,49)51-37-36-44)53-43(47)35-31-33-40(45)32-29-27-25-23-21-19-16-14-12-10-8-6-4-2/h19,21,25,27,29,32,40-41,45H,3-18,20,22-24,26,28,30-31,33-39,44H2,1-2H3,(H,48,49)/b21-19+,27-25+,32-29+/t40?,41-/m1/s1. The Morgan fingerprint density at radius 1 is 0.648 bits per heavy atom. The van der Waals surface area contributed by atoms with Gasteiger partial charge in [0.05, 0.1) is 19.3 Å². The van der Waals surface area contributed by atoms with Crippen LogP contribution in [0.25, 0.3) is 0 Å². The van der Waals surface area contributed by atoms with Gasteiger partial charge in [0.15, 0.2) is 6.10 Å². The Balaban J connectivity index is 4.34. The summed E-state index contributed by atoms with van der Waals surface area (Å²) in [6.45, 7) is 3.51. The molecular formula is C43H80NO9P. The van der Waals surface area contributed by atoms with E-state index in [1.807, 2.05) is 12.2 Å². The summed E-state index contributed by atoms with van der Waals surface area (Å²) in [7, 11) is -4.43. The zero-order valence-corrected chi connectivity index (χ0v) is 35.2. The Labute approximate surface area is 329 Å². The minimum atomic E-state index is -4.43. The number of phosphoric acid groups is 1. The fourth-order valence-electron chi connectivity index (χ4n) is 5.88. The van der Waals surface area contributed by atoms with Gasteiger partial charge in [0.1, 0.15) is 6.61 Å². The number of esters is 2. The molecule has 0 aliphatic rings. The first-order valence-corrected chi connectivity index (χ1v) is 23.1. The Morgan fingerprint density at radius 2 is 1.19 bits per heavy atom. The predicted molar refractivity (Wildman–Crippen MR) is 221 cm³/mol. The number of ether oxygens (including phenoxy) is 2. The number of rotatable bonds is 40. The lowest BCUT2D eigenvalue weighted by atomic mass is 10.0. The second-order valence-electron chi connectivity index (χ2n) is 14.4. The van der Waals surface area contributed by atoms with Crippen molar-refractivity contribution >= 4 is 19.8 Å². The van der Waals surface area contributed by atoms with Crippen LogP contribution in [0, 0.1) is 0 Å². The maximum Gasteiger partial charge on any atom is 0.472 e. The van der Waals surface area contributed by atoms with Crippen molar-refractivity contribution in [2.45, 2.75) is 199 Å². The molecule has 2 unspecified atom stereocenters. The van der Waals surface area contributed by atoms with Crippen molar-refractivity contribution < 1.29 is 42.7 Å². The molecule has 0 saturated heterocycles. The van der Waals surface area contributed by atoms with E-state index in [0.29, 0.717) is 19.3 Å². The first-order chi connectivity index (χ1) is 26.2. The number of hydrogen-bond donors (Lipinski definition) is 3. The fraction of sp³-hybridized carbons (Fsp3) is 0.814. The smallest absolute Gasteiger partial charge is 0.462 e. The van der Waals surface area contributed by atoms with Crippen LogP contribution < -0.4 is 5.73 Å². The number of carbonyl (C=O) groups excluding carboxylic acids is 2. The lowest BCUT2D eigenvalue weighted by molar-refractivity contribution is -0.161. The van der Waals surface area contributed by atoms with E-state index in [0.717, 1.165) is 32.1 Å². The van der Waals surface area contributed by atoms with Gasteiger partial charge >= 0.3 is 19.8 Å². The number of aliphatic hydroxyl groups excluding tert-OH is 1. The molecule has 0 heterocycles. The third-order valence-corrected chi connectivity index (χ3v) is 10.1. The molecule has 0 aromatic carbocycles. The summed E-state index contributed by atoms with van der Waals surface area (Å²) in [5.74, 6) is -1.02. The van der Waals surface area contributed by atoms with Crippen LogP contribution >= 0.6 is 7.82 Å². The Bertz CT molecular complexity index is 1000. The van der Waals surface area contributed by atoms with Crippen LogP contribution in [-0.4, -0.2) is 60.5 Å². The van der Waals surface area contributed by atoms with Crippen molar-refractivity contribution in [2.24, 2.45) is 5.73 Å². The molecule has 316 valence electrons. The SMILES string of the molecule is CCCCCCCC/C=C/C/C=C/C=C/C(O)CCCC(=O)O[C@H](COC(=O)CCCCCCCCCCCCCCCCC)COP(=O)(O)OCCN. The molecule has 0 fully saturated rings. The highest BCUT2D eigenvalue weighted by Crippen LogP contribution is 2.43. The molecule has 11 heteroatoms. The number of aliphatic hydroxyl groups is 1. The van der Waals surface area contributed by atoms with E-state index in [-0.39, 0.29) is 32.6 Å². The molecule has 0 radical (unpaired) electrons. The molecule has 0 aliphatic carbocycles. The van der Waals surface area contributed by atoms with Gasteiger partial charge in [0.25, 0.3) is 0 Å². The van der Waals surface area contributed by atoms with Gasteiger partial charge in [-0.2, -0.15) is 0 Å². The van der Waals surface area contributed by atoms with Crippen molar-refractivity contribution in [1.29, 1.82) is 0 Å². The third kappa shape index (κ3) is 38.5. The molecule has 3 atom stereocenters. The van der Waals surface area contributed by atoms with Gasteiger partial charge in [-0.25, -0.2) is 4.57 Å². The van der Waals surface area contributed by atoms with Crippen LogP contribution in [0.2, 0.25) is 0 Å². The molecule has 0 amide bonds. The lowest BCUT2D eigenvalue weighted by Gasteiger charge is -2.20. The van der Waals surface area contributed by atoms with Gasteiger partial charge in [-0.15, -0.1) is 0 Å². The first-order valence-electron chi connectivity index (χ1n) is 21.6. The second kappa shape index (κ2) is 39.4. The van der Waals surface area contributed by atoms with E-state index in [4.69, 9.17) is 24.3 Å². The predicted octanol–water partition coefficient (Wildman–Crippen LogP) is 11.1. The number of carbonyl (C=O) groups is 2. The third-order valence-electron chi connectivity index (χ3n) is 9.13. The summed E-state index contributed by atoms with van der Waals surface area (Å²) in [6, 6.07) is 0. The normalized spacial score (nSPS) is 14.2. The molecule has 54 heavy (non-hydrogen) atoms. The Hall–Kier alpha value is -1.81. The van der Waals surface area contributed by atoms with Crippen molar-refractivity contribution in [3.63, 3.8) is 0 Å². The van der Waals surface area contributed by atoms with Gasteiger partial charge in [0, 0.05) is 19.4 Å². The summed E-state index contributed by atoms with van der Waals surface area (Å²) in [5, 5.41) is 10.3. The van der Waals surface area contributed by atoms with E-state index in [2.05, 4.69) is 26.0 Å². The average Bonchev–Trinajstić information content (AvgIpc) is 3.15. The van der Waals surface area contributed by atoms with Crippen LogP contribution in [0.4, 0.5) is 0 Å². The number of phosphoric ester groups is 1. The van der Waals surface area contributed by atoms with Crippen molar-refractivity contribution in [3.8, 4) is 0 Å². The summed E-state index contributed by atoms with van der Waals surface area (Å²) in [5.41, 5.74) is 5.33. The van der Waals surface area contributed by atoms with Gasteiger partial charge in [-0.1, -0.05) is 172 Å². The molecule has 0 spiro atoms. The quantitative estimate of drug-likeness (QED) is 0.0180. The van der Waals surface area contributed by atoms with E-state index >= 15 is 0 Å². The van der Waals surface area contributed by atoms with Crippen molar-refractivity contribution in [3.05, 3.63) is 36.5 Å². The molecule has 0 aromatic heterocycles. The zero-order valence-electron chi connectivity index (χ0n) is 34.3. The number of hydrogen-bond acceptors (Lipinski definition) is 9. The Morgan fingerprint density at radius 3 is 1.76 bits per heavy atom. The minimum absolute atomic E-state index is 0.00810. The topological polar surface area (TPSA) is 155 Å². The molecule has 0 aromatic rings. The molecule has 0 bridgehead atoms. The first kappa shape index (κ1) is 52.2. The monoisotopic (exact) mass is 786 g/mol. The van der Waals surface area contributed by atoms with Crippen LogP contribution in [0.1, 0.15) is 187 Å². The van der Waals surface area contributed by atoms with E-state index in [1.165, 1.54) is 109 Å². The van der Waals surface area contributed by atoms with Crippen LogP contribution in [0.15, 0.2) is 36.5 Å². The summed E-state index contributed by atoms with van der Waals surface area (Å²) in [4.78, 5) is 34.8. The van der Waals surface area contributed by atoms with E-state index < -0.39 is 38.6 Å². The molecule has 0 saturated carbocycles. The molecule has 0 rings (SSSR count). The van der Waals surface area contributed by atoms with Gasteiger partial charge in [-0.05, 0) is 38.5 Å². The van der Waals surface area contributed by atoms with Crippen LogP contribution in [-0.2, 0) is 32.7 Å². The van der Waals surface area contributed by atoms with Gasteiger partial charge in [-0.3, -0.25) is 18.6 Å². The van der Waals surface area contributed by atoms with Crippen molar-refractivity contribution in [1.82, 2.24) is 0 Å². The number of allylic oxidation sites excluding steroid dienone is 5. The molecule has 4 N–H and O–H groups in total. The van der Waals surface area contributed by atoms with E-state index in [9.17, 15) is 24.2 Å². The maximum absolute atomic E-state index is 12.6. The summed E-state index contributed by atoms with van der Waals surface area (Å²) < 4.78 is 32.6. The van der Waals surface area contributed by atoms with E-state index in [1.54, 1.807) is 12.2 Å². The molecular weight excluding hydrogens is 705 g/mol. The second-order valence-corrected chi connectivity index (χ2v) is 15.9. The largest absolute Gasteiger partial charge is 0.472 e. The molecule has 10 nitrogen and oxygen atoms in total. The highest BCUT2D eigenvalue weighted by Gasteiger charge is 2.26. The highest BCUT2D eigenvalue weighted by molar-refractivity contribution is 7.47. The minimum Gasteiger partial charge on any atom is -0.462 e. The van der Waals surface area contributed by atoms with Gasteiger partial charge < -0.3 is 25.2 Å². The average molecular weight is 786 g/mol. The number of nitrogens with two attached hydrogens (primary N) is 1. The highest BCUT2D eigenvalue weighted by atomic mass is 31.2.